The molecule has 0 aromatic heterocycles. The molecule has 6 rings (SSSR count). The smallest absolute Gasteiger partial charge is 0.239 e. The fourth-order valence-corrected chi connectivity index (χ4v) is 10.6. The van der Waals surface area contributed by atoms with E-state index in [9.17, 15) is 5.11 Å². The molecule has 3 aromatic carbocycles. The van der Waals surface area contributed by atoms with Crippen LogP contribution in [0.1, 0.15) is 52.0 Å². The third kappa shape index (κ3) is 6.70. The summed E-state index contributed by atoms with van der Waals surface area (Å²) in [5.74, 6) is 0.293. The van der Waals surface area contributed by atoms with Gasteiger partial charge in [-0.1, -0.05) is 112 Å². The van der Waals surface area contributed by atoms with Gasteiger partial charge in [0.25, 0.3) is 0 Å². The number of aliphatic hydroxyl groups excluding tert-OH is 1. The second-order valence-electron chi connectivity index (χ2n) is 13.9. The molecule has 1 saturated carbocycles. The molecule has 6 heteroatoms. The number of benzene rings is 3. The van der Waals surface area contributed by atoms with Crippen LogP contribution in [0.25, 0.3) is 0 Å². The van der Waals surface area contributed by atoms with Gasteiger partial charge < -0.3 is 23.7 Å². The molecule has 5 nitrogen and oxygen atoms in total. The van der Waals surface area contributed by atoms with Crippen molar-refractivity contribution in [2.24, 2.45) is 28.6 Å². The first-order chi connectivity index (χ1) is 20.8. The fraction of sp³-hybridized carbons (Fsp3) is 0.514. The molecule has 2 aliphatic heterocycles. The van der Waals surface area contributed by atoms with Gasteiger partial charge in [0.1, 0.15) is 0 Å². The first kappa shape index (κ1) is 30.7. The topological polar surface area (TPSA) is 57.2 Å². The zero-order valence-electron chi connectivity index (χ0n) is 25.9. The highest BCUT2D eigenvalue weighted by Gasteiger charge is 2.64. The SMILES string of the molecule is CC(C)(C)C1C(OC2CCCCO2)CC2(CO[SiH](c3ccccc3)c3ccccc3)C(Cc3ccccc3)C(O)OCC12. The maximum absolute atomic E-state index is 11.6. The Kier molecular flexibility index (Phi) is 9.53. The van der Waals surface area contributed by atoms with Gasteiger partial charge in [-0.25, -0.2) is 0 Å². The van der Waals surface area contributed by atoms with Crippen LogP contribution >= 0.6 is 0 Å². The molecule has 1 aliphatic carbocycles. The van der Waals surface area contributed by atoms with Gasteiger partial charge in [-0.2, -0.15) is 0 Å². The maximum atomic E-state index is 11.6. The van der Waals surface area contributed by atoms with Crippen LogP contribution in [-0.2, 0) is 25.1 Å². The van der Waals surface area contributed by atoms with E-state index in [0.717, 1.165) is 38.7 Å². The zero-order valence-corrected chi connectivity index (χ0v) is 27.1. The van der Waals surface area contributed by atoms with E-state index in [1.807, 2.05) is 6.07 Å². The Morgan fingerprint density at radius 3 is 2.07 bits per heavy atom. The van der Waals surface area contributed by atoms with Crippen LogP contribution in [0.15, 0.2) is 91.0 Å². The Hall–Kier alpha value is -2.32. The van der Waals surface area contributed by atoms with E-state index >= 15 is 0 Å². The Balaban J connectivity index is 1.40. The summed E-state index contributed by atoms with van der Waals surface area (Å²) >= 11 is 0. The van der Waals surface area contributed by atoms with E-state index in [1.54, 1.807) is 0 Å². The van der Waals surface area contributed by atoms with Crippen LogP contribution in [0.5, 0.6) is 0 Å². The quantitative estimate of drug-likeness (QED) is 0.337. The fourth-order valence-electron chi connectivity index (χ4n) is 8.20. The average Bonchev–Trinajstić information content (AvgIpc) is 3.35. The minimum absolute atomic E-state index is 0.00237. The van der Waals surface area contributed by atoms with Crippen LogP contribution in [0.4, 0.5) is 0 Å². The van der Waals surface area contributed by atoms with Crippen molar-refractivity contribution in [3.05, 3.63) is 96.6 Å². The molecule has 43 heavy (non-hydrogen) atoms. The number of aliphatic hydroxyl groups is 1. The minimum atomic E-state index is -2.02. The van der Waals surface area contributed by atoms with Crippen LogP contribution in [0.2, 0.25) is 0 Å². The summed E-state index contributed by atoms with van der Waals surface area (Å²) in [6.45, 7) is 8.82. The van der Waals surface area contributed by atoms with Crippen LogP contribution in [0, 0.1) is 28.6 Å². The van der Waals surface area contributed by atoms with Gasteiger partial charge in [-0.3, -0.25) is 0 Å². The molecule has 7 unspecified atom stereocenters. The molecule has 0 bridgehead atoms. The van der Waals surface area contributed by atoms with Crippen molar-refractivity contribution in [3.8, 4) is 0 Å². The molecule has 7 atom stereocenters. The largest absolute Gasteiger partial charge is 0.410 e. The van der Waals surface area contributed by atoms with Gasteiger partial charge in [0.2, 0.25) is 9.04 Å². The van der Waals surface area contributed by atoms with E-state index in [2.05, 4.69) is 106 Å². The predicted molar refractivity (Wildman–Crippen MR) is 173 cm³/mol. The highest BCUT2D eigenvalue weighted by Crippen LogP contribution is 2.61. The van der Waals surface area contributed by atoms with Crippen molar-refractivity contribution in [1.82, 2.24) is 0 Å². The van der Waals surface area contributed by atoms with Gasteiger partial charge in [0.05, 0.1) is 12.7 Å². The zero-order chi connectivity index (χ0) is 29.9. The Labute approximate surface area is 259 Å². The van der Waals surface area contributed by atoms with Crippen LogP contribution in [0.3, 0.4) is 0 Å². The summed E-state index contributed by atoms with van der Waals surface area (Å²) in [5.41, 5.74) is 0.867. The number of hydrogen-bond donors (Lipinski definition) is 1. The monoisotopic (exact) mass is 600 g/mol. The normalized spacial score (nSPS) is 31.2. The third-order valence-corrected chi connectivity index (χ3v) is 12.7. The standard InChI is InChI=1S/C37H48O5Si/c1-36(2,3)34-31-25-40-35(38)30(23-27-15-7-4-8-16-27)37(31,24-32(34)42-33-21-13-14-22-39-33)26-41-43(28-17-9-5-10-18-28)29-19-11-6-12-20-29/h4-12,15-20,30-35,38,43H,13-14,21-26H2,1-3H3. The number of rotatable bonds is 9. The summed E-state index contributed by atoms with van der Waals surface area (Å²) in [4.78, 5) is 0. The lowest BCUT2D eigenvalue weighted by atomic mass is 9.61. The lowest BCUT2D eigenvalue weighted by molar-refractivity contribution is -0.236. The van der Waals surface area contributed by atoms with Gasteiger partial charge in [0, 0.05) is 24.5 Å². The Morgan fingerprint density at radius 2 is 1.49 bits per heavy atom. The molecule has 0 amide bonds. The second-order valence-corrected chi connectivity index (χ2v) is 16.4. The van der Waals surface area contributed by atoms with Gasteiger partial charge >= 0.3 is 0 Å². The Bertz CT molecular complexity index is 1240. The first-order valence-corrected chi connectivity index (χ1v) is 17.8. The average molecular weight is 601 g/mol. The van der Waals surface area contributed by atoms with E-state index in [-0.39, 0.29) is 41.0 Å². The number of ether oxygens (including phenoxy) is 3. The molecule has 0 radical (unpaired) electrons. The molecule has 2 saturated heterocycles. The number of fused-ring (bicyclic) bond motifs is 1. The molecule has 3 aromatic rings. The summed E-state index contributed by atoms with van der Waals surface area (Å²) in [5, 5.41) is 14.1. The summed E-state index contributed by atoms with van der Waals surface area (Å²) in [6.07, 6.45) is 3.68. The molecular formula is C37H48O5Si. The van der Waals surface area contributed by atoms with Gasteiger partial charge in [0.15, 0.2) is 12.6 Å². The molecule has 1 N–H and O–H groups in total. The maximum Gasteiger partial charge on any atom is 0.239 e. The molecule has 3 aliphatic rings. The van der Waals surface area contributed by atoms with E-state index in [1.165, 1.54) is 15.9 Å². The first-order valence-electron chi connectivity index (χ1n) is 16.2. The number of hydrogen-bond acceptors (Lipinski definition) is 5. The molecule has 2 heterocycles. The highest BCUT2D eigenvalue weighted by atomic mass is 28.3. The summed E-state index contributed by atoms with van der Waals surface area (Å²) < 4.78 is 26.6. The molecule has 230 valence electrons. The van der Waals surface area contributed by atoms with Crippen molar-refractivity contribution >= 4 is 19.4 Å². The third-order valence-electron chi connectivity index (χ3n) is 10.2. The van der Waals surface area contributed by atoms with Crippen molar-refractivity contribution < 1.29 is 23.7 Å². The van der Waals surface area contributed by atoms with Crippen molar-refractivity contribution in [2.75, 3.05) is 19.8 Å². The summed E-state index contributed by atoms with van der Waals surface area (Å²) in [7, 11) is -2.02. The van der Waals surface area contributed by atoms with E-state index < -0.39 is 15.3 Å². The second kappa shape index (κ2) is 13.4. The van der Waals surface area contributed by atoms with Crippen molar-refractivity contribution in [1.29, 1.82) is 0 Å². The predicted octanol–water partition coefficient (Wildman–Crippen LogP) is 5.33. The molecule has 0 spiro atoms. The van der Waals surface area contributed by atoms with Crippen molar-refractivity contribution in [2.45, 2.75) is 71.6 Å². The van der Waals surface area contributed by atoms with Crippen molar-refractivity contribution in [3.63, 3.8) is 0 Å². The van der Waals surface area contributed by atoms with Crippen LogP contribution in [-0.4, -0.2) is 52.7 Å². The lowest BCUT2D eigenvalue weighted by Gasteiger charge is -2.51. The van der Waals surface area contributed by atoms with E-state index in [4.69, 9.17) is 18.6 Å². The van der Waals surface area contributed by atoms with E-state index in [0.29, 0.717) is 13.2 Å². The Morgan fingerprint density at radius 1 is 0.860 bits per heavy atom. The summed E-state index contributed by atoms with van der Waals surface area (Å²) in [6, 6.07) is 31.9. The van der Waals surface area contributed by atoms with Crippen LogP contribution < -0.4 is 10.4 Å². The minimum Gasteiger partial charge on any atom is -0.410 e. The van der Waals surface area contributed by atoms with Gasteiger partial charge in [-0.15, -0.1) is 0 Å². The molecular weight excluding hydrogens is 552 g/mol. The molecule has 3 fully saturated rings. The van der Waals surface area contributed by atoms with Gasteiger partial charge in [-0.05, 0) is 65.3 Å². The lowest BCUT2D eigenvalue weighted by Crippen LogP contribution is -2.56. The highest BCUT2D eigenvalue weighted by molar-refractivity contribution is 6.80.